The molecule has 0 spiro atoms. The quantitative estimate of drug-likeness (QED) is 0.515. The second-order valence-corrected chi connectivity index (χ2v) is 10.1. The van der Waals surface area contributed by atoms with Crippen molar-refractivity contribution in [1.82, 2.24) is 4.90 Å². The molecule has 1 saturated heterocycles. The summed E-state index contributed by atoms with van der Waals surface area (Å²) in [5, 5.41) is 11.7. The van der Waals surface area contributed by atoms with E-state index in [1.54, 1.807) is 13.2 Å². The Balaban J connectivity index is 1.31. The average molecular weight is 492 g/mol. The maximum atomic E-state index is 13.1. The lowest BCUT2D eigenvalue weighted by Crippen LogP contribution is -2.55. The summed E-state index contributed by atoms with van der Waals surface area (Å²) in [5.41, 5.74) is 1.34. The van der Waals surface area contributed by atoms with Gasteiger partial charge in [-0.15, -0.1) is 0 Å². The Morgan fingerprint density at radius 3 is 2.86 bits per heavy atom. The maximum absolute atomic E-state index is 13.1. The van der Waals surface area contributed by atoms with Crippen LogP contribution in [0.3, 0.4) is 0 Å². The normalized spacial score (nSPS) is 21.8. The van der Waals surface area contributed by atoms with Crippen LogP contribution in [0.15, 0.2) is 51.7 Å². The van der Waals surface area contributed by atoms with Crippen LogP contribution in [0.25, 0.3) is 11.0 Å². The zero-order valence-corrected chi connectivity index (χ0v) is 20.9. The first-order valence-corrected chi connectivity index (χ1v) is 12.7. The van der Waals surface area contributed by atoms with Crippen LogP contribution in [0.4, 0.5) is 0 Å². The predicted octanol–water partition coefficient (Wildman–Crippen LogP) is 4.39. The first kappa shape index (κ1) is 24.4. The van der Waals surface area contributed by atoms with E-state index < -0.39 is 11.2 Å². The highest BCUT2D eigenvalue weighted by molar-refractivity contribution is 5.85. The molecule has 1 aliphatic heterocycles. The van der Waals surface area contributed by atoms with Crippen molar-refractivity contribution in [1.29, 1.82) is 0 Å². The van der Waals surface area contributed by atoms with Gasteiger partial charge in [-0.3, -0.25) is 4.79 Å². The van der Waals surface area contributed by atoms with Crippen LogP contribution >= 0.6 is 0 Å². The third-order valence-electron chi connectivity index (χ3n) is 7.95. The van der Waals surface area contributed by atoms with Crippen molar-refractivity contribution in [2.45, 2.75) is 57.7 Å². The van der Waals surface area contributed by atoms with Crippen molar-refractivity contribution >= 4 is 16.9 Å². The molecule has 2 fully saturated rings. The van der Waals surface area contributed by atoms with Crippen LogP contribution in [-0.2, 0) is 17.8 Å². The van der Waals surface area contributed by atoms with Crippen LogP contribution in [-0.4, -0.2) is 41.7 Å². The van der Waals surface area contributed by atoms with Gasteiger partial charge < -0.3 is 23.9 Å². The summed E-state index contributed by atoms with van der Waals surface area (Å²) < 4.78 is 16.9. The third kappa shape index (κ3) is 4.72. The number of benzene rings is 2. The minimum absolute atomic E-state index is 0.00130. The van der Waals surface area contributed by atoms with Crippen molar-refractivity contribution in [3.8, 4) is 11.5 Å². The molecule has 1 N–H and O–H groups in total. The highest BCUT2D eigenvalue weighted by atomic mass is 16.5. The number of amides is 1. The molecule has 0 radical (unpaired) electrons. The predicted molar refractivity (Wildman–Crippen MR) is 136 cm³/mol. The summed E-state index contributed by atoms with van der Waals surface area (Å²) in [6, 6.07) is 13.0. The van der Waals surface area contributed by atoms with Crippen molar-refractivity contribution in [3.63, 3.8) is 0 Å². The summed E-state index contributed by atoms with van der Waals surface area (Å²) in [7, 11) is 1.62. The van der Waals surface area contributed by atoms with Crippen LogP contribution in [0.1, 0.15) is 48.8 Å². The average Bonchev–Trinajstić information content (AvgIpc) is 2.89. The molecule has 1 saturated carbocycles. The van der Waals surface area contributed by atoms with Crippen molar-refractivity contribution < 1.29 is 23.8 Å². The third-order valence-corrected chi connectivity index (χ3v) is 7.95. The smallest absolute Gasteiger partial charge is 0.340 e. The molecule has 1 aliphatic carbocycles. The molecule has 1 amide bonds. The Labute approximate surface area is 210 Å². The van der Waals surface area contributed by atoms with E-state index in [-0.39, 0.29) is 18.2 Å². The van der Waals surface area contributed by atoms with Crippen molar-refractivity contribution in [2.75, 3.05) is 20.2 Å². The number of nitrogens with zero attached hydrogens (tertiary/aromatic N) is 1. The highest BCUT2D eigenvalue weighted by Gasteiger charge is 2.43. The summed E-state index contributed by atoms with van der Waals surface area (Å²) in [5.74, 6) is 1.35. The van der Waals surface area contributed by atoms with E-state index in [4.69, 9.17) is 13.9 Å². The zero-order chi connectivity index (χ0) is 25.3. The van der Waals surface area contributed by atoms with E-state index in [9.17, 15) is 14.7 Å². The van der Waals surface area contributed by atoms with Gasteiger partial charge in [-0.05, 0) is 49.9 Å². The Hall–Kier alpha value is -3.32. The first-order valence-electron chi connectivity index (χ1n) is 12.7. The molecule has 5 rings (SSSR count). The highest BCUT2D eigenvalue weighted by Crippen LogP contribution is 2.40. The van der Waals surface area contributed by atoms with Gasteiger partial charge in [-0.25, -0.2) is 4.79 Å². The van der Waals surface area contributed by atoms with Crippen LogP contribution < -0.4 is 15.1 Å². The SMILES string of the molecule is COc1ccccc1COc1ccc2c(C)c(CC(=O)N3CC[C@@]4(O)CCCC[C@@H]4C3)c(=O)oc2c1. The van der Waals surface area contributed by atoms with E-state index in [1.807, 2.05) is 48.2 Å². The fraction of sp³-hybridized carbons (Fsp3) is 0.448. The van der Waals surface area contributed by atoms with E-state index in [1.165, 1.54) is 0 Å². The molecule has 0 bridgehead atoms. The lowest BCUT2D eigenvalue weighted by Gasteiger charge is -2.47. The second-order valence-electron chi connectivity index (χ2n) is 10.1. The number of piperidine rings is 1. The second kappa shape index (κ2) is 9.97. The molecule has 0 unspecified atom stereocenters. The van der Waals surface area contributed by atoms with Gasteiger partial charge in [0.05, 0.1) is 24.7 Å². The number of aryl methyl sites for hydroxylation is 1. The lowest BCUT2D eigenvalue weighted by atomic mass is 9.71. The van der Waals surface area contributed by atoms with Gasteiger partial charge in [0.2, 0.25) is 5.91 Å². The molecule has 2 atom stereocenters. The summed E-state index contributed by atoms with van der Waals surface area (Å²) in [4.78, 5) is 27.8. The number of ether oxygens (including phenoxy) is 2. The molecule has 2 aliphatic rings. The Bertz CT molecular complexity index is 1330. The first-order chi connectivity index (χ1) is 17.4. The number of carbonyl (C=O) groups excluding carboxylic acids is 1. The van der Waals surface area contributed by atoms with E-state index in [2.05, 4.69) is 0 Å². The van der Waals surface area contributed by atoms with Crippen molar-refractivity contribution in [2.24, 2.45) is 5.92 Å². The maximum Gasteiger partial charge on any atom is 0.340 e. The number of hydrogen-bond donors (Lipinski definition) is 1. The molecular formula is C29H33NO6. The number of aliphatic hydroxyl groups is 1. The number of carbonyl (C=O) groups is 1. The van der Waals surface area contributed by atoms with Gasteiger partial charge in [0.25, 0.3) is 0 Å². The standard InChI is InChI=1S/C29H33NO6/c1-19-23-11-10-22(35-18-20-7-3-4-9-25(20)34-2)15-26(23)36-28(32)24(19)16-27(31)30-14-13-29(33)12-6-5-8-21(29)17-30/h3-4,7,9-11,15,21,33H,5-6,8,12-14,16-18H2,1-2H3/t21-,29+/m1/s1. The summed E-state index contributed by atoms with van der Waals surface area (Å²) >= 11 is 0. The number of fused-ring (bicyclic) bond motifs is 2. The van der Waals surface area contributed by atoms with Gasteiger partial charge in [0.1, 0.15) is 23.7 Å². The van der Waals surface area contributed by atoms with Crippen LogP contribution in [0.5, 0.6) is 11.5 Å². The number of likely N-dealkylation sites (tertiary alicyclic amines) is 1. The minimum atomic E-state index is -0.641. The lowest BCUT2D eigenvalue weighted by molar-refractivity contribution is -0.142. The Morgan fingerprint density at radius 2 is 2.03 bits per heavy atom. The summed E-state index contributed by atoms with van der Waals surface area (Å²) in [6.45, 7) is 3.25. The van der Waals surface area contributed by atoms with Gasteiger partial charge >= 0.3 is 5.63 Å². The molecule has 3 aromatic rings. The topological polar surface area (TPSA) is 89.2 Å². The molecule has 2 heterocycles. The Morgan fingerprint density at radius 1 is 1.19 bits per heavy atom. The number of methoxy groups -OCH3 is 1. The van der Waals surface area contributed by atoms with Crippen molar-refractivity contribution in [3.05, 3.63) is 69.6 Å². The fourth-order valence-corrected chi connectivity index (χ4v) is 5.71. The molecule has 190 valence electrons. The van der Waals surface area contributed by atoms with Gasteiger partial charge in [-0.2, -0.15) is 0 Å². The van der Waals surface area contributed by atoms with E-state index in [0.29, 0.717) is 43.0 Å². The zero-order valence-electron chi connectivity index (χ0n) is 20.9. The van der Waals surface area contributed by atoms with Gasteiger partial charge in [-0.1, -0.05) is 31.0 Å². The molecule has 1 aromatic heterocycles. The molecule has 7 nitrogen and oxygen atoms in total. The van der Waals surface area contributed by atoms with E-state index >= 15 is 0 Å². The van der Waals surface area contributed by atoms with E-state index in [0.717, 1.165) is 47.9 Å². The molecular weight excluding hydrogens is 458 g/mol. The van der Waals surface area contributed by atoms with Crippen LogP contribution in [0, 0.1) is 12.8 Å². The minimum Gasteiger partial charge on any atom is -0.496 e. The molecule has 7 heteroatoms. The number of hydrogen-bond acceptors (Lipinski definition) is 6. The van der Waals surface area contributed by atoms with Gasteiger partial charge in [0, 0.05) is 36.0 Å². The number of rotatable bonds is 6. The molecule has 2 aromatic carbocycles. The monoisotopic (exact) mass is 491 g/mol. The van der Waals surface area contributed by atoms with Crippen LogP contribution in [0.2, 0.25) is 0 Å². The molecule has 36 heavy (non-hydrogen) atoms. The fourth-order valence-electron chi connectivity index (χ4n) is 5.71. The Kier molecular flexibility index (Phi) is 6.75. The number of para-hydroxylation sites is 1. The van der Waals surface area contributed by atoms with Gasteiger partial charge in [0.15, 0.2) is 0 Å². The largest absolute Gasteiger partial charge is 0.496 e. The summed E-state index contributed by atoms with van der Waals surface area (Å²) in [6.07, 6.45) is 4.50.